The van der Waals surface area contributed by atoms with Gasteiger partial charge < -0.3 is 14.4 Å². The van der Waals surface area contributed by atoms with Crippen LogP contribution in [0.2, 0.25) is 5.02 Å². The van der Waals surface area contributed by atoms with Gasteiger partial charge in [-0.2, -0.15) is 5.10 Å². The van der Waals surface area contributed by atoms with Gasteiger partial charge in [-0.15, -0.1) is 11.3 Å². The second-order valence-corrected chi connectivity index (χ2v) is 12.1. The van der Waals surface area contributed by atoms with Crippen LogP contribution in [-0.4, -0.2) is 74.0 Å². The van der Waals surface area contributed by atoms with Crippen LogP contribution in [0.5, 0.6) is 0 Å². The van der Waals surface area contributed by atoms with E-state index in [0.717, 1.165) is 44.0 Å². The average molecular weight is 623 g/mol. The van der Waals surface area contributed by atoms with Gasteiger partial charge in [0.05, 0.1) is 40.2 Å². The van der Waals surface area contributed by atoms with E-state index in [1.165, 1.54) is 34.6 Å². The van der Waals surface area contributed by atoms with Crippen molar-refractivity contribution in [3.05, 3.63) is 76.7 Å². The van der Waals surface area contributed by atoms with Crippen molar-refractivity contribution in [2.24, 2.45) is 0 Å². The maximum atomic E-state index is 15.6. The zero-order valence-electron chi connectivity index (χ0n) is 23.4. The van der Waals surface area contributed by atoms with Crippen LogP contribution in [0, 0.1) is 5.82 Å². The quantitative estimate of drug-likeness (QED) is 0.261. The number of hydrogen-bond donors (Lipinski definition) is 1. The number of benzene rings is 2. The van der Waals surface area contributed by atoms with Crippen LogP contribution >= 0.6 is 22.9 Å². The van der Waals surface area contributed by atoms with E-state index in [0.29, 0.717) is 32.6 Å². The van der Waals surface area contributed by atoms with E-state index in [-0.39, 0.29) is 18.4 Å². The molecule has 7 rings (SSSR count). The normalized spacial score (nSPS) is 17.9. The standard InChI is InChI=1S/C30H29ClF2N8OS/c1-2-38-6-8-39(9-7-38)25-4-3-18(11-22(25)31)19-12-23(33)21-16-41(37-24(21)13-19)28(29(42)36-30-34-5-10-43-30)27-26-14-20(32)15-40(26)17-35-27/h3-5,10-13,16-17,20,28H,2,6-9,14-15H2,1H3,(H,34,36,42). The number of thiazole rings is 1. The summed E-state index contributed by atoms with van der Waals surface area (Å²) in [7, 11) is 0. The third-order valence-corrected chi connectivity index (χ3v) is 9.25. The number of nitrogens with one attached hydrogen (secondary N) is 1. The maximum Gasteiger partial charge on any atom is 0.257 e. The molecular formula is C30H29ClF2N8OS. The summed E-state index contributed by atoms with van der Waals surface area (Å²) < 4.78 is 33.0. The van der Waals surface area contributed by atoms with E-state index in [1.54, 1.807) is 22.2 Å². The van der Waals surface area contributed by atoms with Crippen LogP contribution in [0.4, 0.5) is 19.6 Å². The molecule has 0 aliphatic carbocycles. The fourth-order valence-electron chi connectivity index (χ4n) is 5.99. The molecule has 2 aliphatic heterocycles. The summed E-state index contributed by atoms with van der Waals surface area (Å²) in [5, 5.41) is 10.5. The van der Waals surface area contributed by atoms with Crippen molar-refractivity contribution in [2.45, 2.75) is 32.1 Å². The van der Waals surface area contributed by atoms with Crippen molar-refractivity contribution in [3.63, 3.8) is 0 Å². The van der Waals surface area contributed by atoms with Gasteiger partial charge in [0.1, 0.15) is 12.0 Å². The molecule has 1 N–H and O–H groups in total. The van der Waals surface area contributed by atoms with Crippen LogP contribution in [0.25, 0.3) is 22.0 Å². The van der Waals surface area contributed by atoms with Gasteiger partial charge in [-0.1, -0.05) is 24.6 Å². The first-order valence-corrected chi connectivity index (χ1v) is 15.5. The Bertz CT molecular complexity index is 1800. The lowest BCUT2D eigenvalue weighted by molar-refractivity contribution is -0.118. The third-order valence-electron chi connectivity index (χ3n) is 8.26. The zero-order chi connectivity index (χ0) is 29.7. The molecule has 5 heterocycles. The van der Waals surface area contributed by atoms with Gasteiger partial charge in [0, 0.05) is 56.1 Å². The van der Waals surface area contributed by atoms with Gasteiger partial charge in [-0.25, -0.2) is 18.7 Å². The summed E-state index contributed by atoms with van der Waals surface area (Å²) in [5.74, 6) is -0.929. The van der Waals surface area contributed by atoms with Gasteiger partial charge in [0.2, 0.25) is 0 Å². The highest BCUT2D eigenvalue weighted by atomic mass is 35.5. The summed E-state index contributed by atoms with van der Waals surface area (Å²) in [6, 6.07) is 7.96. The topological polar surface area (TPSA) is 84.1 Å². The highest BCUT2D eigenvalue weighted by molar-refractivity contribution is 7.13. The Balaban J connectivity index is 1.23. The molecule has 222 valence electrons. The van der Waals surface area contributed by atoms with Gasteiger partial charge in [-0.05, 0) is 41.9 Å². The number of imidazole rings is 1. The van der Waals surface area contributed by atoms with Crippen LogP contribution in [0.3, 0.4) is 0 Å². The molecule has 3 aromatic heterocycles. The maximum absolute atomic E-state index is 15.6. The molecule has 43 heavy (non-hydrogen) atoms. The number of likely N-dealkylation sites (N-methyl/N-ethyl adjacent to an activating group) is 1. The predicted molar refractivity (Wildman–Crippen MR) is 164 cm³/mol. The summed E-state index contributed by atoms with van der Waals surface area (Å²) in [6.45, 7) is 7.14. The molecule has 0 saturated carbocycles. The Hall–Kier alpha value is -3.87. The summed E-state index contributed by atoms with van der Waals surface area (Å²) in [6.07, 6.45) is 3.70. The Labute approximate surface area is 255 Å². The molecule has 2 atom stereocenters. The first-order valence-electron chi connectivity index (χ1n) is 14.2. The number of amides is 1. The van der Waals surface area contributed by atoms with Crippen molar-refractivity contribution < 1.29 is 13.6 Å². The van der Waals surface area contributed by atoms with Crippen molar-refractivity contribution >= 4 is 50.6 Å². The van der Waals surface area contributed by atoms with E-state index < -0.39 is 23.9 Å². The number of piperazine rings is 1. The Kier molecular flexibility index (Phi) is 7.36. The minimum atomic E-state index is -1.06. The number of carbonyl (C=O) groups excluding carboxylic acids is 1. The van der Waals surface area contributed by atoms with Crippen LogP contribution < -0.4 is 10.2 Å². The smallest absolute Gasteiger partial charge is 0.257 e. The zero-order valence-corrected chi connectivity index (χ0v) is 25.0. The minimum Gasteiger partial charge on any atom is -0.368 e. The largest absolute Gasteiger partial charge is 0.368 e. The highest BCUT2D eigenvalue weighted by Crippen LogP contribution is 2.35. The number of aromatic nitrogens is 5. The number of rotatable bonds is 7. The van der Waals surface area contributed by atoms with E-state index in [2.05, 4.69) is 37.1 Å². The first kappa shape index (κ1) is 27.9. The fourth-order valence-corrected chi connectivity index (χ4v) is 6.83. The molecule has 9 nitrogen and oxygen atoms in total. The molecule has 0 spiro atoms. The number of halogens is 3. The number of fused-ring (bicyclic) bond motifs is 2. The fraction of sp³-hybridized carbons (Fsp3) is 0.333. The average Bonchev–Trinajstić information content (AvgIpc) is 3.80. The molecule has 2 aromatic carbocycles. The van der Waals surface area contributed by atoms with Crippen molar-refractivity contribution in [1.29, 1.82) is 0 Å². The van der Waals surface area contributed by atoms with Crippen molar-refractivity contribution in [3.8, 4) is 11.1 Å². The molecule has 1 saturated heterocycles. The second kappa shape index (κ2) is 11.3. The molecule has 1 amide bonds. The van der Waals surface area contributed by atoms with Gasteiger partial charge in [0.25, 0.3) is 5.91 Å². The molecule has 0 radical (unpaired) electrons. The highest BCUT2D eigenvalue weighted by Gasteiger charge is 2.34. The minimum absolute atomic E-state index is 0.140. The SMILES string of the molecule is CCN1CCN(c2ccc(-c3cc(F)c4cn(C(C(=O)Nc5nccs5)c5ncn6c5CC(F)C6)nc4c3)cc2Cl)CC1. The third kappa shape index (κ3) is 5.28. The molecular weight excluding hydrogens is 594 g/mol. The lowest BCUT2D eigenvalue weighted by Crippen LogP contribution is -2.46. The van der Waals surface area contributed by atoms with E-state index >= 15 is 4.39 Å². The summed E-state index contributed by atoms with van der Waals surface area (Å²) in [5.41, 5.74) is 3.71. The number of hydrogen-bond acceptors (Lipinski definition) is 7. The molecule has 2 unspecified atom stereocenters. The number of alkyl halides is 1. The lowest BCUT2D eigenvalue weighted by Gasteiger charge is -2.36. The Morgan fingerprint density at radius 2 is 2.00 bits per heavy atom. The predicted octanol–water partition coefficient (Wildman–Crippen LogP) is 5.41. The molecule has 1 fully saturated rings. The second-order valence-electron chi connectivity index (χ2n) is 10.8. The Morgan fingerprint density at radius 3 is 2.74 bits per heavy atom. The monoisotopic (exact) mass is 622 g/mol. The van der Waals surface area contributed by atoms with E-state index in [4.69, 9.17) is 11.6 Å². The number of anilines is 2. The number of carbonyl (C=O) groups is 1. The molecule has 5 aromatic rings. The molecule has 13 heteroatoms. The molecule has 0 bridgehead atoms. The van der Waals surface area contributed by atoms with E-state index in [9.17, 15) is 9.18 Å². The van der Waals surface area contributed by atoms with Crippen molar-refractivity contribution in [2.75, 3.05) is 42.9 Å². The van der Waals surface area contributed by atoms with Crippen LogP contribution in [-0.2, 0) is 17.8 Å². The summed E-state index contributed by atoms with van der Waals surface area (Å²) in [4.78, 5) is 26.9. The number of nitrogens with zero attached hydrogens (tertiary/aromatic N) is 7. The molecule has 2 aliphatic rings. The van der Waals surface area contributed by atoms with Crippen molar-refractivity contribution in [1.82, 2.24) is 29.2 Å². The van der Waals surface area contributed by atoms with Gasteiger partial charge in [0.15, 0.2) is 11.2 Å². The Morgan fingerprint density at radius 1 is 1.16 bits per heavy atom. The first-order chi connectivity index (χ1) is 20.9. The lowest BCUT2D eigenvalue weighted by atomic mass is 10.0. The summed E-state index contributed by atoms with van der Waals surface area (Å²) >= 11 is 8.01. The van der Waals surface area contributed by atoms with E-state index in [1.807, 2.05) is 18.2 Å². The van der Waals surface area contributed by atoms with Crippen LogP contribution in [0.15, 0.2) is 54.4 Å². The van der Waals surface area contributed by atoms with Crippen LogP contribution in [0.1, 0.15) is 24.4 Å². The van der Waals surface area contributed by atoms with Gasteiger partial charge in [-0.3, -0.25) is 14.8 Å². The van der Waals surface area contributed by atoms with Gasteiger partial charge >= 0.3 is 0 Å².